The van der Waals surface area contributed by atoms with Gasteiger partial charge in [-0.2, -0.15) is 0 Å². The number of hydrogen-bond acceptors (Lipinski definition) is 7. The minimum absolute atomic E-state index is 0.229. The highest BCUT2D eigenvalue weighted by Gasteiger charge is 2.44. The van der Waals surface area contributed by atoms with Crippen molar-refractivity contribution in [1.82, 2.24) is 19.5 Å². The van der Waals surface area contributed by atoms with Crippen LogP contribution in [0.25, 0.3) is 22.6 Å². The largest absolute Gasteiger partial charge is 0.416 e. The summed E-state index contributed by atoms with van der Waals surface area (Å²) in [4.78, 5) is 13.4. The summed E-state index contributed by atoms with van der Waals surface area (Å²) in [6.07, 6.45) is 4.00. The van der Waals surface area contributed by atoms with Crippen molar-refractivity contribution in [1.29, 1.82) is 0 Å². The summed E-state index contributed by atoms with van der Waals surface area (Å²) < 4.78 is 38.8. The van der Waals surface area contributed by atoms with Gasteiger partial charge in [0.05, 0.1) is 17.1 Å². The van der Waals surface area contributed by atoms with Gasteiger partial charge in [0.15, 0.2) is 8.32 Å². The van der Waals surface area contributed by atoms with Gasteiger partial charge in [0.2, 0.25) is 15.0 Å². The van der Waals surface area contributed by atoms with E-state index in [1.165, 1.54) is 6.20 Å². The zero-order chi connectivity index (χ0) is 29.0. The predicted octanol–water partition coefficient (Wildman–Crippen LogP) is 6.79. The maximum Gasteiger partial charge on any atom is 0.247 e. The van der Waals surface area contributed by atoms with Gasteiger partial charge in [-0.15, -0.1) is 0 Å². The number of rotatable bonds is 13. The third-order valence-electron chi connectivity index (χ3n) is 7.23. The standard InChI is InChI=1S/C28H41ClN4O4SSi/c1-19(2)39(20(3)4,21(5)6)37-17-9-10-25-32-26(22-11-13-23(29)14-12-22)27(33(25)18-36-7)24-15-16-30-28(31-24)38(8,34)35/h11-16,19-21H,9-10,17-18H2,1-8H3. The van der Waals surface area contributed by atoms with E-state index in [2.05, 4.69) is 51.5 Å². The lowest BCUT2D eigenvalue weighted by molar-refractivity contribution is 0.129. The second kappa shape index (κ2) is 13.0. The van der Waals surface area contributed by atoms with Crippen LogP contribution in [0, 0.1) is 0 Å². The molecule has 0 fully saturated rings. The van der Waals surface area contributed by atoms with Crippen LogP contribution in [-0.4, -0.2) is 56.2 Å². The molecule has 8 nitrogen and oxygen atoms in total. The molecule has 0 atom stereocenters. The van der Waals surface area contributed by atoms with Crippen molar-refractivity contribution in [3.8, 4) is 22.6 Å². The Morgan fingerprint density at radius 3 is 2.13 bits per heavy atom. The Hall–Kier alpha value is -2.11. The van der Waals surface area contributed by atoms with Crippen molar-refractivity contribution in [2.75, 3.05) is 20.0 Å². The number of aromatic nitrogens is 4. The zero-order valence-electron chi connectivity index (χ0n) is 24.2. The number of benzene rings is 1. The van der Waals surface area contributed by atoms with E-state index < -0.39 is 18.2 Å². The normalized spacial score (nSPS) is 12.7. The molecule has 39 heavy (non-hydrogen) atoms. The van der Waals surface area contributed by atoms with Crippen LogP contribution in [0.2, 0.25) is 21.6 Å². The molecular weight excluding hydrogens is 552 g/mol. The molecule has 0 bridgehead atoms. The van der Waals surface area contributed by atoms with E-state index in [0.717, 1.165) is 24.1 Å². The third-order valence-corrected chi connectivity index (χ3v) is 14.5. The average Bonchev–Trinajstić information content (AvgIpc) is 3.21. The highest BCUT2D eigenvalue weighted by atomic mass is 35.5. The lowest BCUT2D eigenvalue weighted by Gasteiger charge is -2.42. The summed E-state index contributed by atoms with van der Waals surface area (Å²) in [7, 11) is -3.95. The summed E-state index contributed by atoms with van der Waals surface area (Å²) >= 11 is 6.16. The molecule has 0 aliphatic heterocycles. The number of ether oxygens (including phenoxy) is 1. The van der Waals surface area contributed by atoms with Gasteiger partial charge in [0.25, 0.3) is 0 Å². The monoisotopic (exact) mass is 592 g/mol. The molecule has 0 unspecified atom stereocenters. The van der Waals surface area contributed by atoms with E-state index in [0.29, 0.717) is 51.8 Å². The van der Waals surface area contributed by atoms with Crippen LogP contribution >= 0.6 is 11.6 Å². The number of halogens is 1. The maximum absolute atomic E-state index is 12.2. The smallest absolute Gasteiger partial charge is 0.247 e. The lowest BCUT2D eigenvalue weighted by Crippen LogP contribution is -2.48. The molecule has 2 heterocycles. The van der Waals surface area contributed by atoms with Gasteiger partial charge < -0.3 is 13.7 Å². The molecule has 0 amide bonds. The van der Waals surface area contributed by atoms with Gasteiger partial charge in [-0.05, 0) is 41.2 Å². The Kier molecular flexibility index (Phi) is 10.5. The van der Waals surface area contributed by atoms with Gasteiger partial charge in [0, 0.05) is 43.2 Å². The molecule has 1 aromatic carbocycles. The molecule has 0 saturated carbocycles. The lowest BCUT2D eigenvalue weighted by atomic mass is 10.1. The summed E-state index contributed by atoms with van der Waals surface area (Å²) in [5.74, 6) is 0.811. The molecule has 214 valence electrons. The van der Waals surface area contributed by atoms with Crippen LogP contribution < -0.4 is 0 Å². The first kappa shape index (κ1) is 31.4. The number of methoxy groups -OCH3 is 1. The summed E-state index contributed by atoms with van der Waals surface area (Å²) in [5, 5.41) is 0.378. The molecule has 2 aromatic heterocycles. The minimum atomic E-state index is -3.60. The van der Waals surface area contributed by atoms with E-state index in [9.17, 15) is 8.42 Å². The van der Waals surface area contributed by atoms with Gasteiger partial charge >= 0.3 is 0 Å². The van der Waals surface area contributed by atoms with E-state index in [1.807, 2.05) is 16.7 Å². The first-order valence-corrected chi connectivity index (χ1v) is 17.8. The summed E-state index contributed by atoms with van der Waals surface area (Å²) in [5.41, 5.74) is 4.17. The second-order valence-electron chi connectivity index (χ2n) is 10.8. The third kappa shape index (κ3) is 6.97. The van der Waals surface area contributed by atoms with Gasteiger partial charge in [-0.1, -0.05) is 65.3 Å². The molecule has 3 aromatic rings. The summed E-state index contributed by atoms with van der Waals surface area (Å²) in [6.45, 7) is 14.6. The fourth-order valence-corrected chi connectivity index (χ4v) is 11.8. The first-order chi connectivity index (χ1) is 18.3. The van der Waals surface area contributed by atoms with Gasteiger partial charge in [0.1, 0.15) is 12.6 Å². The fraction of sp³-hybridized carbons (Fsp3) is 0.536. The highest BCUT2D eigenvalue weighted by Crippen LogP contribution is 2.42. The number of nitrogens with zero attached hydrogens (tertiary/aromatic N) is 4. The number of imidazole rings is 1. The van der Waals surface area contributed by atoms with Crippen LogP contribution in [0.1, 0.15) is 53.8 Å². The SMILES string of the molecule is COCn1c(CCCO[Si](C(C)C)(C(C)C)C(C)C)nc(-c2ccc(Cl)cc2)c1-c1ccnc(S(C)(=O)=O)n1. The Morgan fingerprint density at radius 1 is 0.974 bits per heavy atom. The molecular formula is C28H41ClN4O4SSi. The Labute approximate surface area is 239 Å². The van der Waals surface area contributed by atoms with Crippen molar-refractivity contribution in [2.24, 2.45) is 0 Å². The predicted molar refractivity (Wildman–Crippen MR) is 159 cm³/mol. The van der Waals surface area contributed by atoms with Crippen molar-refractivity contribution >= 4 is 29.8 Å². The van der Waals surface area contributed by atoms with Crippen molar-refractivity contribution in [3.05, 3.63) is 47.4 Å². The van der Waals surface area contributed by atoms with Crippen LogP contribution in [-0.2, 0) is 32.2 Å². The maximum atomic E-state index is 12.2. The molecule has 11 heteroatoms. The quantitative estimate of drug-likeness (QED) is 0.122. The minimum Gasteiger partial charge on any atom is -0.416 e. The molecule has 0 radical (unpaired) electrons. The Morgan fingerprint density at radius 2 is 1.59 bits per heavy atom. The Balaban J connectivity index is 2.04. The topological polar surface area (TPSA) is 96.2 Å². The van der Waals surface area contributed by atoms with E-state index in [4.69, 9.17) is 25.7 Å². The van der Waals surface area contributed by atoms with Crippen LogP contribution in [0.15, 0.2) is 41.7 Å². The molecule has 0 N–H and O–H groups in total. The zero-order valence-corrected chi connectivity index (χ0v) is 26.8. The van der Waals surface area contributed by atoms with Gasteiger partial charge in [-0.3, -0.25) is 0 Å². The molecule has 3 rings (SSSR count). The van der Waals surface area contributed by atoms with Crippen LogP contribution in [0.5, 0.6) is 0 Å². The summed E-state index contributed by atoms with van der Waals surface area (Å²) in [6, 6.07) is 9.09. The van der Waals surface area contributed by atoms with Crippen molar-refractivity contribution in [3.63, 3.8) is 0 Å². The van der Waals surface area contributed by atoms with Crippen LogP contribution in [0.4, 0.5) is 0 Å². The highest BCUT2D eigenvalue weighted by molar-refractivity contribution is 7.90. The van der Waals surface area contributed by atoms with E-state index in [-0.39, 0.29) is 11.9 Å². The van der Waals surface area contributed by atoms with E-state index >= 15 is 0 Å². The molecule has 0 aliphatic rings. The second-order valence-corrected chi connectivity index (χ2v) is 18.7. The molecule has 0 aliphatic carbocycles. The Bertz CT molecular complexity index is 1340. The van der Waals surface area contributed by atoms with Crippen LogP contribution in [0.3, 0.4) is 0 Å². The van der Waals surface area contributed by atoms with Crippen molar-refractivity contribution < 1.29 is 17.6 Å². The number of aryl methyl sites for hydroxylation is 1. The number of hydrogen-bond donors (Lipinski definition) is 0. The molecule has 0 spiro atoms. The van der Waals surface area contributed by atoms with Gasteiger partial charge in [-0.25, -0.2) is 23.4 Å². The fourth-order valence-electron chi connectivity index (χ4n) is 5.66. The van der Waals surface area contributed by atoms with E-state index in [1.54, 1.807) is 25.3 Å². The molecule has 0 saturated heterocycles. The van der Waals surface area contributed by atoms with Crippen molar-refractivity contribution in [2.45, 2.75) is 82.9 Å². The average molecular weight is 593 g/mol. The first-order valence-electron chi connectivity index (χ1n) is 13.3. The number of sulfone groups is 1.